The summed E-state index contributed by atoms with van der Waals surface area (Å²) in [5, 5.41) is 10.6. The number of hydrogen-bond acceptors (Lipinski definition) is 3. The van der Waals surface area contributed by atoms with Crippen molar-refractivity contribution in [2.45, 2.75) is 32.5 Å². The van der Waals surface area contributed by atoms with Crippen LogP contribution in [0.2, 0.25) is 0 Å². The Morgan fingerprint density at radius 1 is 1.56 bits per heavy atom. The normalized spacial score (nSPS) is 46.3. The van der Waals surface area contributed by atoms with Gasteiger partial charge in [0, 0.05) is 23.3 Å². The molecule has 18 heavy (non-hydrogen) atoms. The summed E-state index contributed by atoms with van der Waals surface area (Å²) in [5.74, 6) is -1.91. The maximum absolute atomic E-state index is 11.7. The predicted octanol–water partition coefficient (Wildman–Crippen LogP) is 2.34. The summed E-state index contributed by atoms with van der Waals surface area (Å²) < 4.78 is 5.20. The highest BCUT2D eigenvalue weighted by Crippen LogP contribution is 2.54. The number of allylic oxidation sites excluding steroid dienone is 4. The largest absolute Gasteiger partial charge is 0.429 e. The van der Waals surface area contributed by atoms with Crippen LogP contribution in [0.5, 0.6) is 0 Å². The van der Waals surface area contributed by atoms with Crippen molar-refractivity contribution in [1.82, 2.24) is 0 Å². The minimum Gasteiger partial charge on any atom is -0.429 e. The Labute approximate surface area is 107 Å². The molecule has 3 nitrogen and oxygen atoms in total. The monoisotopic (exact) mass is 246 g/mol. The smallest absolute Gasteiger partial charge is 0.315 e. The summed E-state index contributed by atoms with van der Waals surface area (Å²) in [5.41, 5.74) is 1.64. The van der Waals surface area contributed by atoms with Gasteiger partial charge in [-0.05, 0) is 13.3 Å². The Bertz CT molecular complexity index is 502. The number of aliphatic hydroxyl groups is 1. The number of carbonyl (C=O) groups is 1. The van der Waals surface area contributed by atoms with E-state index in [1.54, 1.807) is 6.92 Å². The zero-order valence-corrected chi connectivity index (χ0v) is 10.8. The highest BCUT2D eigenvalue weighted by atomic mass is 16.7. The van der Waals surface area contributed by atoms with Crippen LogP contribution in [0.4, 0.5) is 0 Å². The Morgan fingerprint density at radius 3 is 3.00 bits per heavy atom. The Hall–Kier alpha value is -1.35. The van der Waals surface area contributed by atoms with Crippen molar-refractivity contribution in [3.05, 3.63) is 36.0 Å². The molecule has 0 amide bonds. The SMILES string of the molecule is C=C1CC=C[C@@]2(C)C[C@]3(O)OC(=O)[C@H](C)C3=C[C@@H]12. The maximum Gasteiger partial charge on any atom is 0.315 e. The molecule has 96 valence electrons. The molecule has 0 spiro atoms. The summed E-state index contributed by atoms with van der Waals surface area (Å²) in [7, 11) is 0. The van der Waals surface area contributed by atoms with Crippen LogP contribution in [0, 0.1) is 17.3 Å². The first-order chi connectivity index (χ1) is 8.36. The average Bonchev–Trinajstić information content (AvgIpc) is 2.46. The Kier molecular flexibility index (Phi) is 2.18. The molecule has 0 aromatic carbocycles. The third-order valence-corrected chi connectivity index (χ3v) is 4.54. The van der Waals surface area contributed by atoms with Crippen LogP contribution in [-0.4, -0.2) is 16.9 Å². The van der Waals surface area contributed by atoms with E-state index in [9.17, 15) is 9.90 Å². The van der Waals surface area contributed by atoms with Crippen LogP contribution in [0.15, 0.2) is 36.0 Å². The van der Waals surface area contributed by atoms with E-state index in [1.165, 1.54) is 0 Å². The Morgan fingerprint density at radius 2 is 2.28 bits per heavy atom. The zero-order valence-electron chi connectivity index (χ0n) is 10.8. The second kappa shape index (κ2) is 3.35. The second-order valence-corrected chi connectivity index (χ2v) is 5.97. The molecule has 1 fully saturated rings. The number of carbonyl (C=O) groups excluding carboxylic acids is 1. The van der Waals surface area contributed by atoms with Gasteiger partial charge in [0.25, 0.3) is 0 Å². The number of esters is 1. The van der Waals surface area contributed by atoms with Gasteiger partial charge in [-0.15, -0.1) is 0 Å². The minimum atomic E-state index is -1.41. The molecule has 0 aromatic heterocycles. The first-order valence-electron chi connectivity index (χ1n) is 6.38. The van der Waals surface area contributed by atoms with Gasteiger partial charge in [-0.3, -0.25) is 4.79 Å². The highest BCUT2D eigenvalue weighted by Gasteiger charge is 2.56. The molecular weight excluding hydrogens is 228 g/mol. The summed E-state index contributed by atoms with van der Waals surface area (Å²) in [6.45, 7) is 7.99. The zero-order chi connectivity index (χ0) is 13.1. The van der Waals surface area contributed by atoms with Gasteiger partial charge >= 0.3 is 5.97 Å². The van der Waals surface area contributed by atoms with Crippen molar-refractivity contribution in [1.29, 1.82) is 0 Å². The molecule has 3 rings (SSSR count). The highest BCUT2D eigenvalue weighted by molar-refractivity contribution is 5.80. The van der Waals surface area contributed by atoms with Crippen LogP contribution < -0.4 is 0 Å². The molecule has 1 heterocycles. The van der Waals surface area contributed by atoms with Crippen LogP contribution in [0.3, 0.4) is 0 Å². The summed E-state index contributed by atoms with van der Waals surface area (Å²) in [6.07, 6.45) is 7.49. The van der Waals surface area contributed by atoms with Gasteiger partial charge in [-0.25, -0.2) is 0 Å². The topological polar surface area (TPSA) is 46.5 Å². The molecule has 0 unspecified atom stereocenters. The van der Waals surface area contributed by atoms with Crippen molar-refractivity contribution < 1.29 is 14.6 Å². The van der Waals surface area contributed by atoms with E-state index in [0.29, 0.717) is 12.0 Å². The molecule has 3 aliphatic rings. The van der Waals surface area contributed by atoms with Gasteiger partial charge in [0.15, 0.2) is 0 Å². The lowest BCUT2D eigenvalue weighted by Gasteiger charge is -2.45. The molecular formula is C15H18O3. The number of ether oxygens (including phenoxy) is 1. The van der Waals surface area contributed by atoms with Gasteiger partial charge in [-0.2, -0.15) is 0 Å². The fourth-order valence-corrected chi connectivity index (χ4v) is 3.54. The van der Waals surface area contributed by atoms with Crippen molar-refractivity contribution in [3.8, 4) is 0 Å². The van der Waals surface area contributed by atoms with E-state index in [4.69, 9.17) is 4.74 Å². The summed E-state index contributed by atoms with van der Waals surface area (Å²) in [4.78, 5) is 11.7. The molecule has 1 aliphatic heterocycles. The molecule has 1 N–H and O–H groups in total. The van der Waals surface area contributed by atoms with E-state index in [-0.39, 0.29) is 23.2 Å². The lowest BCUT2D eigenvalue weighted by molar-refractivity contribution is -0.189. The van der Waals surface area contributed by atoms with Crippen molar-refractivity contribution in [2.24, 2.45) is 17.3 Å². The van der Waals surface area contributed by atoms with Gasteiger partial charge < -0.3 is 9.84 Å². The van der Waals surface area contributed by atoms with E-state index in [1.807, 2.05) is 6.08 Å². The fraction of sp³-hybridized carbons (Fsp3) is 0.533. The molecule has 2 aliphatic carbocycles. The van der Waals surface area contributed by atoms with Gasteiger partial charge in [-0.1, -0.05) is 37.3 Å². The predicted molar refractivity (Wildman–Crippen MR) is 67.4 cm³/mol. The van der Waals surface area contributed by atoms with Gasteiger partial charge in [0.1, 0.15) is 0 Å². The second-order valence-electron chi connectivity index (χ2n) is 5.97. The third kappa shape index (κ3) is 1.37. The van der Waals surface area contributed by atoms with Crippen LogP contribution >= 0.6 is 0 Å². The minimum absolute atomic E-state index is 0.190. The molecule has 0 bridgehead atoms. The fourth-order valence-electron chi connectivity index (χ4n) is 3.54. The Balaban J connectivity index is 2.12. The molecule has 0 radical (unpaired) electrons. The van der Waals surface area contributed by atoms with Crippen LogP contribution in [0.1, 0.15) is 26.7 Å². The average molecular weight is 246 g/mol. The van der Waals surface area contributed by atoms with Crippen molar-refractivity contribution in [3.63, 3.8) is 0 Å². The van der Waals surface area contributed by atoms with E-state index in [0.717, 1.165) is 12.0 Å². The third-order valence-electron chi connectivity index (χ3n) is 4.54. The van der Waals surface area contributed by atoms with Gasteiger partial charge in [0.05, 0.1) is 5.92 Å². The van der Waals surface area contributed by atoms with Crippen LogP contribution in [-0.2, 0) is 9.53 Å². The standard InChI is InChI=1S/C15H18O3/c1-9-5-4-6-14(3)8-15(17)12(7-11(9)14)10(2)13(16)18-15/h4,6-7,10-11,17H,1,5,8H2,2-3H3/t10-,11+,14+,15+/m1/s1. The van der Waals surface area contributed by atoms with E-state index < -0.39 is 5.79 Å². The number of hydrogen-bond donors (Lipinski definition) is 1. The van der Waals surface area contributed by atoms with Crippen LogP contribution in [0.25, 0.3) is 0 Å². The molecule has 1 saturated heterocycles. The van der Waals surface area contributed by atoms with Crippen molar-refractivity contribution >= 4 is 5.97 Å². The van der Waals surface area contributed by atoms with E-state index >= 15 is 0 Å². The molecule has 0 saturated carbocycles. The van der Waals surface area contributed by atoms with Gasteiger partial charge in [0.2, 0.25) is 5.79 Å². The number of fused-ring (bicyclic) bond motifs is 2. The lowest BCUT2D eigenvalue weighted by Crippen LogP contribution is -2.44. The lowest BCUT2D eigenvalue weighted by atomic mass is 9.61. The summed E-state index contributed by atoms with van der Waals surface area (Å²) >= 11 is 0. The number of rotatable bonds is 0. The summed E-state index contributed by atoms with van der Waals surface area (Å²) in [6, 6.07) is 0. The molecule has 4 atom stereocenters. The van der Waals surface area contributed by atoms with Crippen molar-refractivity contribution in [2.75, 3.05) is 0 Å². The molecule has 3 heteroatoms. The molecule has 0 aromatic rings. The first kappa shape index (κ1) is 11.7. The van der Waals surface area contributed by atoms with E-state index in [2.05, 4.69) is 25.7 Å². The quantitative estimate of drug-likeness (QED) is 0.527. The first-order valence-corrected chi connectivity index (χ1v) is 6.38. The maximum atomic E-state index is 11.7.